The van der Waals surface area contributed by atoms with Crippen molar-refractivity contribution in [3.8, 4) is 11.4 Å². The van der Waals surface area contributed by atoms with Crippen molar-refractivity contribution in [3.05, 3.63) is 34.0 Å². The summed E-state index contributed by atoms with van der Waals surface area (Å²) < 4.78 is 1.84. The van der Waals surface area contributed by atoms with Gasteiger partial charge in [-0.1, -0.05) is 0 Å². The van der Waals surface area contributed by atoms with Crippen molar-refractivity contribution in [2.45, 2.75) is 27.3 Å². The Morgan fingerprint density at radius 3 is 2.75 bits per heavy atom. The maximum absolute atomic E-state index is 11.4. The molecule has 0 aromatic carbocycles. The van der Waals surface area contributed by atoms with Gasteiger partial charge in [-0.15, -0.1) is 0 Å². The van der Waals surface area contributed by atoms with E-state index in [1.807, 2.05) is 24.6 Å². The molecule has 0 radical (unpaired) electrons. The summed E-state index contributed by atoms with van der Waals surface area (Å²) in [5.74, 6) is 0.615. The first-order valence-corrected chi connectivity index (χ1v) is 5.23. The van der Waals surface area contributed by atoms with Crippen molar-refractivity contribution >= 4 is 0 Å². The van der Waals surface area contributed by atoms with Crippen LogP contribution >= 0.6 is 0 Å². The molecule has 0 spiro atoms. The summed E-state index contributed by atoms with van der Waals surface area (Å²) in [7, 11) is 0. The van der Waals surface area contributed by atoms with Gasteiger partial charge >= 0.3 is 0 Å². The lowest BCUT2D eigenvalue weighted by molar-refractivity contribution is 0.658. The molecule has 2 heterocycles. The number of rotatable bonds is 2. The second-order valence-corrected chi connectivity index (χ2v) is 3.70. The van der Waals surface area contributed by atoms with Gasteiger partial charge in [0.15, 0.2) is 0 Å². The fourth-order valence-electron chi connectivity index (χ4n) is 1.70. The van der Waals surface area contributed by atoms with E-state index in [4.69, 9.17) is 0 Å². The summed E-state index contributed by atoms with van der Waals surface area (Å²) >= 11 is 0. The Kier molecular flexibility index (Phi) is 2.60. The Labute approximate surface area is 93.2 Å². The molecule has 2 rings (SSSR count). The number of aromatic amines is 1. The molecule has 0 aliphatic carbocycles. The van der Waals surface area contributed by atoms with Crippen molar-refractivity contribution in [1.82, 2.24) is 19.7 Å². The highest BCUT2D eigenvalue weighted by atomic mass is 16.1. The number of aryl methyl sites for hydroxylation is 3. The van der Waals surface area contributed by atoms with Gasteiger partial charge in [-0.05, 0) is 26.8 Å². The molecule has 0 atom stereocenters. The molecule has 5 heteroatoms. The van der Waals surface area contributed by atoms with E-state index in [1.54, 1.807) is 6.92 Å². The molecule has 0 fully saturated rings. The fraction of sp³-hybridized carbons (Fsp3) is 0.364. The van der Waals surface area contributed by atoms with Crippen LogP contribution in [0.3, 0.4) is 0 Å². The molecule has 0 saturated heterocycles. The van der Waals surface area contributed by atoms with Crippen LogP contribution in [0.15, 0.2) is 16.9 Å². The smallest absolute Gasteiger partial charge is 0.251 e. The molecule has 1 N–H and O–H groups in total. The predicted octanol–water partition coefficient (Wildman–Crippen LogP) is 1.27. The van der Waals surface area contributed by atoms with Crippen LogP contribution in [0.25, 0.3) is 11.4 Å². The average Bonchev–Trinajstić information content (AvgIpc) is 2.58. The molecule has 0 amide bonds. The van der Waals surface area contributed by atoms with Crippen LogP contribution in [-0.4, -0.2) is 19.7 Å². The number of hydrogen-bond acceptors (Lipinski definition) is 3. The van der Waals surface area contributed by atoms with Crippen molar-refractivity contribution < 1.29 is 0 Å². The minimum atomic E-state index is -0.135. The van der Waals surface area contributed by atoms with E-state index in [9.17, 15) is 4.79 Å². The normalized spacial score (nSPS) is 10.7. The molecule has 0 aliphatic heterocycles. The summed E-state index contributed by atoms with van der Waals surface area (Å²) in [6.07, 6.45) is 0. The van der Waals surface area contributed by atoms with Crippen LogP contribution in [0.1, 0.15) is 18.4 Å². The van der Waals surface area contributed by atoms with Gasteiger partial charge in [0.25, 0.3) is 5.56 Å². The monoisotopic (exact) mass is 218 g/mol. The second-order valence-electron chi connectivity index (χ2n) is 3.70. The number of aromatic nitrogens is 4. The first kappa shape index (κ1) is 10.6. The number of nitrogens with zero attached hydrogens (tertiary/aromatic N) is 3. The van der Waals surface area contributed by atoms with E-state index in [-0.39, 0.29) is 5.56 Å². The third-order valence-corrected chi connectivity index (χ3v) is 2.32. The lowest BCUT2D eigenvalue weighted by atomic mass is 10.2. The van der Waals surface area contributed by atoms with E-state index in [0.29, 0.717) is 11.5 Å². The van der Waals surface area contributed by atoms with E-state index in [2.05, 4.69) is 15.1 Å². The molecule has 2 aromatic rings. The van der Waals surface area contributed by atoms with Gasteiger partial charge in [0.05, 0.1) is 17.1 Å². The molecular formula is C11H14N4O. The summed E-state index contributed by atoms with van der Waals surface area (Å²) in [6, 6.07) is 3.43. The molecule has 0 saturated carbocycles. The first-order chi connectivity index (χ1) is 7.60. The zero-order valence-electron chi connectivity index (χ0n) is 9.61. The lowest BCUT2D eigenvalue weighted by Crippen LogP contribution is -2.10. The second kappa shape index (κ2) is 3.92. The molecule has 0 aliphatic rings. The first-order valence-electron chi connectivity index (χ1n) is 5.23. The fourth-order valence-corrected chi connectivity index (χ4v) is 1.70. The van der Waals surface area contributed by atoms with Gasteiger partial charge in [-0.3, -0.25) is 9.48 Å². The van der Waals surface area contributed by atoms with Crippen LogP contribution in [0.5, 0.6) is 0 Å². The maximum atomic E-state index is 11.4. The van der Waals surface area contributed by atoms with E-state index < -0.39 is 0 Å². The Balaban J connectivity index is 2.61. The number of H-pyrrole nitrogens is 1. The van der Waals surface area contributed by atoms with Crippen LogP contribution in [0.2, 0.25) is 0 Å². The Bertz CT molecular complexity index is 568. The van der Waals surface area contributed by atoms with Crippen LogP contribution in [0, 0.1) is 13.8 Å². The summed E-state index contributed by atoms with van der Waals surface area (Å²) in [5.41, 5.74) is 2.35. The van der Waals surface area contributed by atoms with Crippen molar-refractivity contribution in [3.63, 3.8) is 0 Å². The lowest BCUT2D eigenvalue weighted by Gasteiger charge is -2.03. The van der Waals surface area contributed by atoms with Crippen LogP contribution < -0.4 is 5.56 Å². The maximum Gasteiger partial charge on any atom is 0.251 e. The Morgan fingerprint density at radius 2 is 2.12 bits per heavy atom. The number of hydrogen-bond donors (Lipinski definition) is 1. The van der Waals surface area contributed by atoms with E-state index in [0.717, 1.165) is 17.9 Å². The highest BCUT2D eigenvalue weighted by Crippen LogP contribution is 2.16. The molecule has 0 unspecified atom stereocenters. The third-order valence-electron chi connectivity index (χ3n) is 2.32. The Hall–Kier alpha value is -1.91. The van der Waals surface area contributed by atoms with Gasteiger partial charge < -0.3 is 4.98 Å². The predicted molar refractivity (Wildman–Crippen MR) is 61.2 cm³/mol. The summed E-state index contributed by atoms with van der Waals surface area (Å²) in [6.45, 7) is 6.47. The van der Waals surface area contributed by atoms with E-state index in [1.165, 1.54) is 6.07 Å². The standard InChI is InChI=1S/C11H14N4O/c1-4-15-10(5-7(2)14-15)9-6-11(16)13-8(3)12-9/h5-6H,4H2,1-3H3,(H,12,13,16). The highest BCUT2D eigenvalue weighted by Gasteiger charge is 2.09. The van der Waals surface area contributed by atoms with Crippen LogP contribution in [0.4, 0.5) is 0 Å². The average molecular weight is 218 g/mol. The summed E-state index contributed by atoms with van der Waals surface area (Å²) in [4.78, 5) is 18.3. The topological polar surface area (TPSA) is 63.6 Å². The van der Waals surface area contributed by atoms with Gasteiger partial charge in [0.2, 0.25) is 0 Å². The van der Waals surface area contributed by atoms with Gasteiger partial charge in [-0.25, -0.2) is 4.98 Å². The zero-order valence-corrected chi connectivity index (χ0v) is 9.61. The van der Waals surface area contributed by atoms with Crippen LogP contribution in [-0.2, 0) is 6.54 Å². The van der Waals surface area contributed by atoms with Gasteiger partial charge in [-0.2, -0.15) is 5.10 Å². The highest BCUT2D eigenvalue weighted by molar-refractivity contribution is 5.54. The molecular weight excluding hydrogens is 204 g/mol. The third kappa shape index (κ3) is 1.88. The zero-order chi connectivity index (χ0) is 11.7. The largest absolute Gasteiger partial charge is 0.311 e. The van der Waals surface area contributed by atoms with Crippen molar-refractivity contribution in [1.29, 1.82) is 0 Å². The number of nitrogens with one attached hydrogen (secondary N) is 1. The SMILES string of the molecule is CCn1nc(C)cc1-c1cc(=O)[nH]c(C)n1. The molecule has 16 heavy (non-hydrogen) atoms. The Morgan fingerprint density at radius 1 is 1.38 bits per heavy atom. The molecule has 5 nitrogen and oxygen atoms in total. The van der Waals surface area contributed by atoms with Crippen molar-refractivity contribution in [2.75, 3.05) is 0 Å². The molecule has 84 valence electrons. The van der Waals surface area contributed by atoms with Crippen molar-refractivity contribution in [2.24, 2.45) is 0 Å². The minimum absolute atomic E-state index is 0.135. The quantitative estimate of drug-likeness (QED) is 0.825. The molecule has 2 aromatic heterocycles. The van der Waals surface area contributed by atoms with Gasteiger partial charge in [0.1, 0.15) is 5.82 Å². The molecule has 0 bridgehead atoms. The summed E-state index contributed by atoms with van der Waals surface area (Å²) in [5, 5.41) is 4.33. The van der Waals surface area contributed by atoms with Gasteiger partial charge in [0, 0.05) is 12.6 Å². The minimum Gasteiger partial charge on any atom is -0.311 e. The van der Waals surface area contributed by atoms with E-state index >= 15 is 0 Å².